The summed E-state index contributed by atoms with van der Waals surface area (Å²) in [5.74, 6) is -0.0447. The van der Waals surface area contributed by atoms with Gasteiger partial charge in [-0.05, 0) is 67.8 Å². The van der Waals surface area contributed by atoms with Crippen molar-refractivity contribution in [3.05, 3.63) is 52.5 Å². The van der Waals surface area contributed by atoms with Crippen molar-refractivity contribution in [2.75, 3.05) is 36.8 Å². The number of sulfone groups is 1. The standard InChI is InChI=1S/C23H26ClN3O3S2/c1-16-14-20-21(15-17(16)2)31-23(25-20)27-11-9-26(10-12-27)22(28)4-3-13-32(29,30)19-7-5-18(24)6-8-19/h5-8,14-15H,3-4,9-13H2,1-2H3. The Bertz CT molecular complexity index is 1190. The van der Waals surface area contributed by atoms with E-state index in [0.29, 0.717) is 24.5 Å². The predicted molar refractivity (Wildman–Crippen MR) is 131 cm³/mol. The molecule has 0 N–H and O–H groups in total. The number of piperazine rings is 1. The Hall–Kier alpha value is -2.16. The maximum Gasteiger partial charge on any atom is 0.222 e. The minimum Gasteiger partial charge on any atom is -0.345 e. The molecule has 6 nitrogen and oxygen atoms in total. The van der Waals surface area contributed by atoms with Crippen LogP contribution in [-0.2, 0) is 14.6 Å². The van der Waals surface area contributed by atoms with Gasteiger partial charge in [-0.3, -0.25) is 4.79 Å². The van der Waals surface area contributed by atoms with Crippen molar-refractivity contribution in [3.8, 4) is 0 Å². The Labute approximate surface area is 197 Å². The lowest BCUT2D eigenvalue weighted by atomic mass is 10.1. The molecule has 0 spiro atoms. The Morgan fingerprint density at radius 2 is 1.72 bits per heavy atom. The predicted octanol–water partition coefficient (Wildman–Crippen LogP) is 4.47. The summed E-state index contributed by atoms with van der Waals surface area (Å²) in [6.07, 6.45) is 0.535. The van der Waals surface area contributed by atoms with E-state index in [9.17, 15) is 13.2 Å². The summed E-state index contributed by atoms with van der Waals surface area (Å²) in [7, 11) is -3.41. The maximum absolute atomic E-state index is 12.6. The van der Waals surface area contributed by atoms with Crippen LogP contribution in [0, 0.1) is 13.8 Å². The van der Waals surface area contributed by atoms with Gasteiger partial charge in [-0.2, -0.15) is 0 Å². The number of amides is 1. The van der Waals surface area contributed by atoms with Crippen molar-refractivity contribution in [2.24, 2.45) is 0 Å². The molecule has 1 aromatic heterocycles. The number of aryl methyl sites for hydroxylation is 2. The molecule has 1 aliphatic rings. The van der Waals surface area contributed by atoms with Crippen LogP contribution in [0.1, 0.15) is 24.0 Å². The fourth-order valence-electron chi connectivity index (χ4n) is 3.78. The number of rotatable bonds is 6. The van der Waals surface area contributed by atoms with Crippen LogP contribution in [-0.4, -0.2) is 56.1 Å². The molecule has 3 aromatic rings. The lowest BCUT2D eigenvalue weighted by molar-refractivity contribution is -0.131. The van der Waals surface area contributed by atoms with E-state index in [0.717, 1.165) is 23.7 Å². The highest BCUT2D eigenvalue weighted by Gasteiger charge is 2.24. The fraction of sp³-hybridized carbons (Fsp3) is 0.391. The summed E-state index contributed by atoms with van der Waals surface area (Å²) in [6, 6.07) is 10.4. The molecule has 32 heavy (non-hydrogen) atoms. The largest absolute Gasteiger partial charge is 0.345 e. The highest BCUT2D eigenvalue weighted by Crippen LogP contribution is 2.31. The van der Waals surface area contributed by atoms with Crippen LogP contribution in [0.3, 0.4) is 0 Å². The normalized spacial score (nSPS) is 14.8. The van der Waals surface area contributed by atoms with Gasteiger partial charge in [-0.15, -0.1) is 0 Å². The molecule has 1 fully saturated rings. The molecule has 0 unspecified atom stereocenters. The minimum absolute atomic E-state index is 0.00602. The number of hydrogen-bond donors (Lipinski definition) is 0. The van der Waals surface area contributed by atoms with Gasteiger partial charge in [0.15, 0.2) is 15.0 Å². The first-order chi connectivity index (χ1) is 15.2. The average Bonchev–Trinajstić information content (AvgIpc) is 3.17. The van der Waals surface area contributed by atoms with Crippen LogP contribution < -0.4 is 4.90 Å². The van der Waals surface area contributed by atoms with Crippen LogP contribution in [0.25, 0.3) is 10.2 Å². The van der Waals surface area contributed by atoms with Crippen LogP contribution in [0.5, 0.6) is 0 Å². The number of anilines is 1. The summed E-state index contributed by atoms with van der Waals surface area (Å²) in [5, 5.41) is 1.49. The monoisotopic (exact) mass is 491 g/mol. The van der Waals surface area contributed by atoms with Gasteiger partial charge in [0, 0.05) is 37.6 Å². The number of aromatic nitrogens is 1. The first-order valence-electron chi connectivity index (χ1n) is 10.6. The third-order valence-electron chi connectivity index (χ3n) is 5.87. The van der Waals surface area contributed by atoms with E-state index < -0.39 is 9.84 Å². The van der Waals surface area contributed by atoms with E-state index >= 15 is 0 Å². The number of benzene rings is 2. The minimum atomic E-state index is -3.41. The average molecular weight is 492 g/mol. The molecule has 0 radical (unpaired) electrons. The second-order valence-corrected chi connectivity index (χ2v) is 11.7. The van der Waals surface area contributed by atoms with E-state index in [1.165, 1.54) is 28.0 Å². The van der Waals surface area contributed by atoms with Crippen molar-refractivity contribution in [3.63, 3.8) is 0 Å². The summed E-state index contributed by atoms with van der Waals surface area (Å²) in [6.45, 7) is 6.91. The molecule has 2 aromatic carbocycles. The number of carbonyl (C=O) groups excluding carboxylic acids is 1. The van der Waals surface area contributed by atoms with Crippen LogP contribution in [0.4, 0.5) is 5.13 Å². The Kier molecular flexibility index (Phi) is 6.74. The molecule has 170 valence electrons. The van der Waals surface area contributed by atoms with Gasteiger partial charge in [-0.1, -0.05) is 22.9 Å². The number of nitrogens with zero attached hydrogens (tertiary/aromatic N) is 3. The third-order valence-corrected chi connectivity index (χ3v) is 9.02. The second-order valence-electron chi connectivity index (χ2n) is 8.14. The number of hydrogen-bond acceptors (Lipinski definition) is 6. The molecule has 4 rings (SSSR count). The van der Waals surface area contributed by atoms with E-state index in [1.807, 2.05) is 4.90 Å². The molecule has 1 saturated heterocycles. The van der Waals surface area contributed by atoms with Crippen molar-refractivity contribution in [1.29, 1.82) is 0 Å². The van der Waals surface area contributed by atoms with Crippen molar-refractivity contribution in [2.45, 2.75) is 31.6 Å². The Morgan fingerprint density at radius 1 is 1.06 bits per heavy atom. The molecule has 1 amide bonds. The Morgan fingerprint density at radius 3 is 2.41 bits per heavy atom. The van der Waals surface area contributed by atoms with Gasteiger partial charge >= 0.3 is 0 Å². The number of carbonyl (C=O) groups is 1. The summed E-state index contributed by atoms with van der Waals surface area (Å²) in [4.78, 5) is 21.7. The van der Waals surface area contributed by atoms with Gasteiger partial charge in [-0.25, -0.2) is 13.4 Å². The maximum atomic E-state index is 12.6. The highest BCUT2D eigenvalue weighted by atomic mass is 35.5. The van der Waals surface area contributed by atoms with Crippen LogP contribution in [0.2, 0.25) is 5.02 Å². The zero-order valence-electron chi connectivity index (χ0n) is 18.2. The zero-order valence-corrected chi connectivity index (χ0v) is 20.6. The summed E-state index contributed by atoms with van der Waals surface area (Å²) in [5.41, 5.74) is 3.53. The van der Waals surface area contributed by atoms with E-state index in [1.54, 1.807) is 23.5 Å². The van der Waals surface area contributed by atoms with Crippen LogP contribution >= 0.6 is 22.9 Å². The number of fused-ring (bicyclic) bond motifs is 1. The molecule has 0 saturated carbocycles. The molecule has 0 bridgehead atoms. The lowest BCUT2D eigenvalue weighted by Gasteiger charge is -2.34. The van der Waals surface area contributed by atoms with Gasteiger partial charge < -0.3 is 9.80 Å². The van der Waals surface area contributed by atoms with Gasteiger partial charge in [0.1, 0.15) is 0 Å². The first kappa shape index (κ1) is 23.0. The van der Waals surface area contributed by atoms with E-state index in [4.69, 9.17) is 16.6 Å². The molecular formula is C23H26ClN3O3S2. The van der Waals surface area contributed by atoms with E-state index in [2.05, 4.69) is 30.9 Å². The molecule has 0 aliphatic carbocycles. The van der Waals surface area contributed by atoms with Crippen molar-refractivity contribution in [1.82, 2.24) is 9.88 Å². The van der Waals surface area contributed by atoms with Crippen LogP contribution in [0.15, 0.2) is 41.3 Å². The fourth-order valence-corrected chi connectivity index (χ4v) is 6.32. The highest BCUT2D eigenvalue weighted by molar-refractivity contribution is 7.91. The molecular weight excluding hydrogens is 466 g/mol. The first-order valence-corrected chi connectivity index (χ1v) is 13.5. The zero-order chi connectivity index (χ0) is 22.9. The van der Waals surface area contributed by atoms with Gasteiger partial charge in [0.05, 0.1) is 20.9 Å². The van der Waals surface area contributed by atoms with E-state index in [-0.39, 0.29) is 23.0 Å². The smallest absolute Gasteiger partial charge is 0.222 e. The summed E-state index contributed by atoms with van der Waals surface area (Å²) < 4.78 is 26.1. The van der Waals surface area contributed by atoms with Crippen molar-refractivity contribution >= 4 is 54.0 Å². The van der Waals surface area contributed by atoms with Crippen molar-refractivity contribution < 1.29 is 13.2 Å². The lowest BCUT2D eigenvalue weighted by Crippen LogP contribution is -2.48. The number of thiazole rings is 1. The molecule has 9 heteroatoms. The summed E-state index contributed by atoms with van der Waals surface area (Å²) >= 11 is 7.51. The second kappa shape index (κ2) is 9.37. The molecule has 1 aliphatic heterocycles. The quantitative estimate of drug-likeness (QED) is 0.508. The SMILES string of the molecule is Cc1cc2nc(N3CCN(C(=O)CCCS(=O)(=O)c4ccc(Cl)cc4)CC3)sc2cc1C. The molecule has 0 atom stereocenters. The Balaban J connectivity index is 1.28. The topological polar surface area (TPSA) is 70.6 Å². The number of halogens is 1. The molecule has 2 heterocycles. The third kappa shape index (κ3) is 5.08. The van der Waals surface area contributed by atoms with Gasteiger partial charge in [0.25, 0.3) is 0 Å². The van der Waals surface area contributed by atoms with Gasteiger partial charge in [0.2, 0.25) is 5.91 Å².